The molecule has 0 heterocycles. The Kier molecular flexibility index (Phi) is 6.65. The number of ether oxygens (including phenoxy) is 2. The second-order valence-corrected chi connectivity index (χ2v) is 5.05. The molecule has 106 valence electrons. The molecule has 0 saturated heterocycles. The average molecular weight is 257 g/mol. The first kappa shape index (κ1) is 15.4. The van der Waals surface area contributed by atoms with Crippen molar-refractivity contribution in [3.05, 3.63) is 0 Å². The van der Waals surface area contributed by atoms with Gasteiger partial charge >= 0.3 is 5.97 Å². The Bertz CT molecular complexity index is 257. The monoisotopic (exact) mass is 257 g/mol. The highest BCUT2D eigenvalue weighted by molar-refractivity contribution is 5.81. The van der Waals surface area contributed by atoms with Crippen LogP contribution in [-0.2, 0) is 14.3 Å². The quantitative estimate of drug-likeness (QED) is 0.535. The summed E-state index contributed by atoms with van der Waals surface area (Å²) in [6, 6.07) is 0. The minimum absolute atomic E-state index is 0.149. The highest BCUT2D eigenvalue weighted by atomic mass is 16.5. The van der Waals surface area contributed by atoms with Gasteiger partial charge in [0.05, 0.1) is 13.2 Å². The van der Waals surface area contributed by atoms with Crippen LogP contribution < -0.4 is 5.32 Å². The summed E-state index contributed by atoms with van der Waals surface area (Å²) in [6.45, 7) is 5.78. The van der Waals surface area contributed by atoms with Crippen molar-refractivity contribution < 1.29 is 14.3 Å². The van der Waals surface area contributed by atoms with Crippen molar-refractivity contribution in [3.8, 4) is 0 Å². The summed E-state index contributed by atoms with van der Waals surface area (Å²) < 4.78 is 10.8. The molecule has 0 amide bonds. The topological polar surface area (TPSA) is 47.6 Å². The van der Waals surface area contributed by atoms with Crippen LogP contribution in [0.5, 0.6) is 0 Å². The summed E-state index contributed by atoms with van der Waals surface area (Å²) in [6.07, 6.45) is 6.21. The second-order valence-electron chi connectivity index (χ2n) is 5.05. The van der Waals surface area contributed by atoms with Crippen molar-refractivity contribution in [1.82, 2.24) is 5.32 Å². The van der Waals surface area contributed by atoms with Crippen molar-refractivity contribution in [3.63, 3.8) is 0 Å². The average Bonchev–Trinajstić information content (AvgIpc) is 2.79. The number of nitrogens with one attached hydrogen (secondary N) is 1. The van der Waals surface area contributed by atoms with Gasteiger partial charge in [0.1, 0.15) is 5.54 Å². The molecule has 0 radical (unpaired) electrons. The highest BCUT2D eigenvalue weighted by Crippen LogP contribution is 2.33. The Morgan fingerprint density at radius 3 is 2.78 bits per heavy atom. The zero-order valence-electron chi connectivity index (χ0n) is 12.0. The lowest BCUT2D eigenvalue weighted by molar-refractivity contribution is -0.148. The number of hydrogen-bond acceptors (Lipinski definition) is 4. The van der Waals surface area contributed by atoms with E-state index in [1.165, 1.54) is 20.0 Å². The van der Waals surface area contributed by atoms with Gasteiger partial charge in [-0.15, -0.1) is 0 Å². The third kappa shape index (κ3) is 3.95. The Morgan fingerprint density at radius 2 is 2.17 bits per heavy atom. The molecule has 1 saturated carbocycles. The maximum atomic E-state index is 11.9. The van der Waals surface area contributed by atoms with Crippen LogP contribution in [-0.4, -0.2) is 37.9 Å². The summed E-state index contributed by atoms with van der Waals surface area (Å²) in [5.74, 6) is -0.149. The van der Waals surface area contributed by atoms with Crippen LogP contribution in [0.3, 0.4) is 0 Å². The van der Waals surface area contributed by atoms with E-state index in [2.05, 4.69) is 12.2 Å². The van der Waals surface area contributed by atoms with E-state index in [1.54, 1.807) is 0 Å². The van der Waals surface area contributed by atoms with Gasteiger partial charge in [0.25, 0.3) is 0 Å². The van der Waals surface area contributed by atoms with E-state index in [0.717, 1.165) is 38.8 Å². The predicted molar refractivity (Wildman–Crippen MR) is 71.5 cm³/mol. The van der Waals surface area contributed by atoms with Gasteiger partial charge < -0.3 is 14.8 Å². The Hall–Kier alpha value is -0.610. The molecule has 0 bridgehead atoms. The standard InChI is InChI=1S/C14H27NO3/c1-4-6-7-10-18-12-8-9-14(11-12,15-5-2)13(16)17-3/h12,15H,4-11H2,1-3H3. The largest absolute Gasteiger partial charge is 0.468 e. The van der Waals surface area contributed by atoms with E-state index < -0.39 is 5.54 Å². The number of carbonyl (C=O) groups excluding carboxylic acids is 1. The van der Waals surface area contributed by atoms with Gasteiger partial charge in [-0.05, 0) is 25.8 Å². The van der Waals surface area contributed by atoms with Crippen molar-refractivity contribution in [2.75, 3.05) is 20.3 Å². The molecule has 18 heavy (non-hydrogen) atoms. The van der Waals surface area contributed by atoms with Crippen molar-refractivity contribution >= 4 is 5.97 Å². The number of unbranched alkanes of at least 4 members (excludes halogenated alkanes) is 2. The summed E-state index contributed by atoms with van der Waals surface area (Å²) in [4.78, 5) is 11.9. The normalized spacial score (nSPS) is 27.4. The molecule has 0 aromatic rings. The van der Waals surface area contributed by atoms with E-state index in [-0.39, 0.29) is 12.1 Å². The molecule has 1 aliphatic carbocycles. The smallest absolute Gasteiger partial charge is 0.326 e. The molecule has 1 N–H and O–H groups in total. The maximum Gasteiger partial charge on any atom is 0.326 e. The van der Waals surface area contributed by atoms with Crippen molar-refractivity contribution in [1.29, 1.82) is 0 Å². The molecule has 1 aliphatic rings. The van der Waals surface area contributed by atoms with Crippen LogP contribution >= 0.6 is 0 Å². The number of likely N-dealkylation sites (N-methyl/N-ethyl adjacent to an activating group) is 1. The molecule has 2 atom stereocenters. The Labute approximate surface area is 110 Å². The van der Waals surface area contributed by atoms with E-state index in [1.807, 2.05) is 6.92 Å². The lowest BCUT2D eigenvalue weighted by atomic mass is 9.97. The molecule has 0 aromatic carbocycles. The zero-order chi connectivity index (χ0) is 13.4. The third-order valence-electron chi connectivity index (χ3n) is 3.66. The van der Waals surface area contributed by atoms with Crippen LogP contribution in [0.25, 0.3) is 0 Å². The van der Waals surface area contributed by atoms with Crippen LogP contribution in [0.1, 0.15) is 52.4 Å². The molecule has 2 unspecified atom stereocenters. The van der Waals surface area contributed by atoms with Crippen LogP contribution in [0.4, 0.5) is 0 Å². The van der Waals surface area contributed by atoms with Gasteiger partial charge in [-0.2, -0.15) is 0 Å². The van der Waals surface area contributed by atoms with Crippen molar-refractivity contribution in [2.45, 2.75) is 64.0 Å². The van der Waals surface area contributed by atoms with Crippen LogP contribution in [0, 0.1) is 0 Å². The molecular weight excluding hydrogens is 230 g/mol. The number of methoxy groups -OCH3 is 1. The number of rotatable bonds is 8. The fourth-order valence-electron chi connectivity index (χ4n) is 2.70. The summed E-state index contributed by atoms with van der Waals surface area (Å²) in [5.41, 5.74) is -0.515. The third-order valence-corrected chi connectivity index (χ3v) is 3.66. The van der Waals surface area contributed by atoms with Crippen molar-refractivity contribution in [2.24, 2.45) is 0 Å². The summed E-state index contributed by atoms with van der Waals surface area (Å²) in [5, 5.41) is 3.29. The molecule has 0 aliphatic heterocycles. The molecule has 1 fully saturated rings. The lowest BCUT2D eigenvalue weighted by Crippen LogP contribution is -2.51. The first-order valence-electron chi connectivity index (χ1n) is 7.13. The molecule has 1 rings (SSSR count). The maximum absolute atomic E-state index is 11.9. The van der Waals surface area contributed by atoms with E-state index in [4.69, 9.17) is 9.47 Å². The zero-order valence-corrected chi connectivity index (χ0v) is 12.0. The number of carbonyl (C=O) groups is 1. The van der Waals surface area contributed by atoms with E-state index >= 15 is 0 Å². The fraction of sp³-hybridized carbons (Fsp3) is 0.929. The minimum Gasteiger partial charge on any atom is -0.468 e. The minimum atomic E-state index is -0.515. The lowest BCUT2D eigenvalue weighted by Gasteiger charge is -2.27. The number of esters is 1. The van der Waals surface area contributed by atoms with Gasteiger partial charge in [0, 0.05) is 13.0 Å². The molecule has 0 spiro atoms. The van der Waals surface area contributed by atoms with Gasteiger partial charge in [0.2, 0.25) is 0 Å². The van der Waals surface area contributed by atoms with Crippen LogP contribution in [0.15, 0.2) is 0 Å². The molecular formula is C14H27NO3. The molecule has 4 heteroatoms. The SMILES string of the molecule is CCCCCOC1CCC(NCC)(C(=O)OC)C1. The van der Waals surface area contributed by atoms with Gasteiger partial charge in [-0.1, -0.05) is 26.7 Å². The molecule has 4 nitrogen and oxygen atoms in total. The van der Waals surface area contributed by atoms with Gasteiger partial charge in [0.15, 0.2) is 0 Å². The summed E-state index contributed by atoms with van der Waals surface area (Å²) in [7, 11) is 1.46. The predicted octanol–water partition coefficient (Wildman–Crippen LogP) is 2.27. The van der Waals surface area contributed by atoms with Crippen LogP contribution in [0.2, 0.25) is 0 Å². The number of hydrogen-bond donors (Lipinski definition) is 1. The van der Waals surface area contributed by atoms with Gasteiger partial charge in [-0.25, -0.2) is 0 Å². The first-order chi connectivity index (χ1) is 8.68. The van der Waals surface area contributed by atoms with Gasteiger partial charge in [-0.3, -0.25) is 4.79 Å². The Balaban J connectivity index is 2.42. The summed E-state index contributed by atoms with van der Waals surface area (Å²) >= 11 is 0. The Morgan fingerprint density at radius 1 is 1.39 bits per heavy atom. The first-order valence-corrected chi connectivity index (χ1v) is 7.13. The van der Waals surface area contributed by atoms with E-state index in [0.29, 0.717) is 0 Å². The van der Waals surface area contributed by atoms with E-state index in [9.17, 15) is 4.79 Å². The highest BCUT2D eigenvalue weighted by Gasteiger charge is 2.46. The molecule has 0 aromatic heterocycles. The fourth-order valence-corrected chi connectivity index (χ4v) is 2.70. The second kappa shape index (κ2) is 7.74.